The van der Waals surface area contributed by atoms with Gasteiger partial charge in [0.05, 0.1) is 11.6 Å². The van der Waals surface area contributed by atoms with E-state index >= 15 is 0 Å². The summed E-state index contributed by atoms with van der Waals surface area (Å²) in [4.78, 5) is 27.5. The highest BCUT2D eigenvalue weighted by Crippen LogP contribution is 2.59. The lowest BCUT2D eigenvalue weighted by Crippen LogP contribution is -2.49. The van der Waals surface area contributed by atoms with Gasteiger partial charge in [-0.3, -0.25) is 14.3 Å². The molecule has 6 nitrogen and oxygen atoms in total. The molecule has 0 radical (unpaired) electrons. The number of nitrogens with one attached hydrogen (secondary N) is 1. The number of amides is 2. The molecule has 1 aromatic heterocycles. The molecule has 2 aliphatic carbocycles. The molecular weight excluding hydrogens is 328 g/mol. The number of carbonyl (C=O) groups is 2. The van der Waals surface area contributed by atoms with Crippen molar-refractivity contribution in [1.82, 2.24) is 20.0 Å². The Hall–Kier alpha value is -1.85. The molecule has 1 aromatic rings. The number of carbonyl (C=O) groups excluding carboxylic acids is 2. The van der Waals surface area contributed by atoms with Crippen molar-refractivity contribution >= 4 is 11.8 Å². The van der Waals surface area contributed by atoms with Crippen molar-refractivity contribution in [3.05, 3.63) is 18.0 Å². The number of hydrogen-bond donors (Lipinski definition) is 1. The first-order chi connectivity index (χ1) is 12.4. The van der Waals surface area contributed by atoms with Crippen molar-refractivity contribution in [2.45, 2.75) is 71.9 Å². The zero-order chi connectivity index (χ0) is 18.9. The highest BCUT2D eigenvalue weighted by Gasteiger charge is 2.57. The van der Waals surface area contributed by atoms with Crippen LogP contribution in [0.15, 0.2) is 12.4 Å². The summed E-state index contributed by atoms with van der Waals surface area (Å²) in [5.74, 6) is 0.836. The van der Waals surface area contributed by atoms with E-state index in [2.05, 4.69) is 10.4 Å². The summed E-state index contributed by atoms with van der Waals surface area (Å²) < 4.78 is 1.68. The second-order valence-electron chi connectivity index (χ2n) is 8.21. The molecule has 2 amide bonds. The summed E-state index contributed by atoms with van der Waals surface area (Å²) >= 11 is 0. The van der Waals surface area contributed by atoms with Gasteiger partial charge in [0.25, 0.3) is 0 Å². The molecule has 144 valence electrons. The maximum Gasteiger partial charge on any atom is 0.244 e. The average Bonchev–Trinajstić information content (AvgIpc) is 3.23. The van der Waals surface area contributed by atoms with Gasteiger partial charge < -0.3 is 10.2 Å². The van der Waals surface area contributed by atoms with Gasteiger partial charge in [-0.25, -0.2) is 0 Å². The number of nitrogens with zero attached hydrogens (tertiary/aromatic N) is 3. The minimum Gasteiger partial charge on any atom is -0.350 e. The molecule has 6 heteroatoms. The molecule has 1 heterocycles. The summed E-state index contributed by atoms with van der Waals surface area (Å²) in [5.41, 5.74) is 0.962. The fourth-order valence-electron chi connectivity index (χ4n) is 4.07. The van der Waals surface area contributed by atoms with E-state index in [1.165, 1.54) is 19.3 Å². The topological polar surface area (TPSA) is 67.2 Å². The maximum atomic E-state index is 13.1. The third-order valence-corrected chi connectivity index (χ3v) is 6.16. The standard InChI is InChI=1S/C20H32N4O2/c1-5-23(19(26)20(9-10-20)17-7-6-8-17)13-15(3)22-18(25)16(4)24-12-14(2)11-21-24/h11-12,15-17H,5-10,13H2,1-4H3,(H,22,25). The van der Waals surface area contributed by atoms with E-state index < -0.39 is 0 Å². The van der Waals surface area contributed by atoms with Gasteiger partial charge in [0.1, 0.15) is 6.04 Å². The highest BCUT2D eigenvalue weighted by molar-refractivity contribution is 5.86. The molecule has 3 rings (SSSR count). The zero-order valence-corrected chi connectivity index (χ0v) is 16.5. The van der Waals surface area contributed by atoms with Gasteiger partial charge in [0.15, 0.2) is 0 Å². The summed E-state index contributed by atoms with van der Waals surface area (Å²) in [7, 11) is 0. The van der Waals surface area contributed by atoms with Crippen molar-refractivity contribution in [2.24, 2.45) is 11.3 Å². The van der Waals surface area contributed by atoms with Gasteiger partial charge >= 0.3 is 0 Å². The smallest absolute Gasteiger partial charge is 0.244 e. The van der Waals surface area contributed by atoms with Crippen LogP contribution in [0, 0.1) is 18.3 Å². The van der Waals surface area contributed by atoms with E-state index in [9.17, 15) is 9.59 Å². The minimum atomic E-state index is -0.360. The molecule has 2 fully saturated rings. The second-order valence-corrected chi connectivity index (χ2v) is 8.21. The number of hydrogen-bond acceptors (Lipinski definition) is 3. The molecule has 2 saturated carbocycles. The van der Waals surface area contributed by atoms with Gasteiger partial charge in [-0.15, -0.1) is 0 Å². The molecule has 0 aromatic carbocycles. The van der Waals surface area contributed by atoms with Crippen LogP contribution < -0.4 is 5.32 Å². The molecule has 0 aliphatic heterocycles. The third kappa shape index (κ3) is 3.64. The van der Waals surface area contributed by atoms with E-state index in [0.717, 1.165) is 18.4 Å². The lowest BCUT2D eigenvalue weighted by atomic mass is 9.73. The Morgan fingerprint density at radius 3 is 2.54 bits per heavy atom. The third-order valence-electron chi connectivity index (χ3n) is 6.16. The molecule has 0 bridgehead atoms. The SMILES string of the molecule is CCN(CC(C)NC(=O)C(C)n1cc(C)cn1)C(=O)C1(C2CCC2)CC1. The Labute approximate surface area is 156 Å². The van der Waals surface area contributed by atoms with Crippen molar-refractivity contribution in [2.75, 3.05) is 13.1 Å². The Balaban J connectivity index is 1.54. The largest absolute Gasteiger partial charge is 0.350 e. The van der Waals surface area contributed by atoms with Gasteiger partial charge in [0.2, 0.25) is 11.8 Å². The molecule has 2 atom stereocenters. The highest BCUT2D eigenvalue weighted by atomic mass is 16.2. The molecule has 2 unspecified atom stereocenters. The summed E-state index contributed by atoms with van der Waals surface area (Å²) in [6.07, 6.45) is 9.38. The Kier molecular flexibility index (Phi) is 5.39. The summed E-state index contributed by atoms with van der Waals surface area (Å²) in [6, 6.07) is -0.440. The van der Waals surface area contributed by atoms with Gasteiger partial charge in [-0.05, 0) is 64.9 Å². The van der Waals surface area contributed by atoms with Crippen LogP contribution >= 0.6 is 0 Å². The van der Waals surface area contributed by atoms with Crippen LogP contribution in [0.4, 0.5) is 0 Å². The van der Waals surface area contributed by atoms with Gasteiger partial charge in [-0.2, -0.15) is 5.10 Å². The second kappa shape index (κ2) is 7.41. The molecule has 2 aliphatic rings. The normalized spacial score (nSPS) is 20.8. The van der Waals surface area contributed by atoms with Crippen LogP contribution in [0.5, 0.6) is 0 Å². The summed E-state index contributed by atoms with van der Waals surface area (Å²) in [5, 5.41) is 7.26. The van der Waals surface area contributed by atoms with Crippen LogP contribution in [0.2, 0.25) is 0 Å². The summed E-state index contributed by atoms with van der Waals surface area (Å²) in [6.45, 7) is 9.06. The van der Waals surface area contributed by atoms with Crippen LogP contribution in [0.1, 0.15) is 64.5 Å². The van der Waals surface area contributed by atoms with Crippen LogP contribution in [0.25, 0.3) is 0 Å². The van der Waals surface area contributed by atoms with Crippen LogP contribution in [-0.4, -0.2) is 45.6 Å². The first-order valence-electron chi connectivity index (χ1n) is 9.98. The molecular formula is C20H32N4O2. The van der Waals surface area contributed by atoms with E-state index in [1.54, 1.807) is 10.9 Å². The van der Waals surface area contributed by atoms with E-state index in [1.807, 2.05) is 38.8 Å². The van der Waals surface area contributed by atoms with Gasteiger partial charge in [-0.1, -0.05) is 6.42 Å². The van der Waals surface area contributed by atoms with Crippen molar-refractivity contribution in [1.29, 1.82) is 0 Å². The predicted molar refractivity (Wildman–Crippen MR) is 101 cm³/mol. The zero-order valence-electron chi connectivity index (χ0n) is 16.5. The number of rotatable bonds is 8. The fourth-order valence-corrected chi connectivity index (χ4v) is 4.07. The average molecular weight is 361 g/mol. The van der Waals surface area contributed by atoms with Crippen molar-refractivity contribution in [3.8, 4) is 0 Å². The molecule has 1 N–H and O–H groups in total. The lowest BCUT2D eigenvalue weighted by molar-refractivity contribution is -0.141. The monoisotopic (exact) mass is 360 g/mol. The maximum absolute atomic E-state index is 13.1. The van der Waals surface area contributed by atoms with Crippen LogP contribution in [-0.2, 0) is 9.59 Å². The van der Waals surface area contributed by atoms with Gasteiger partial charge in [0, 0.05) is 25.3 Å². The van der Waals surface area contributed by atoms with Crippen molar-refractivity contribution < 1.29 is 9.59 Å². The number of aryl methyl sites for hydroxylation is 1. The predicted octanol–water partition coefficient (Wildman–Crippen LogP) is 2.69. The van der Waals surface area contributed by atoms with Crippen molar-refractivity contribution in [3.63, 3.8) is 0 Å². The quantitative estimate of drug-likeness (QED) is 0.775. The Morgan fingerprint density at radius 2 is 2.08 bits per heavy atom. The number of aromatic nitrogens is 2. The fraction of sp³-hybridized carbons (Fsp3) is 0.750. The Bertz CT molecular complexity index is 661. The first kappa shape index (κ1) is 18.9. The van der Waals surface area contributed by atoms with E-state index in [4.69, 9.17) is 0 Å². The molecule has 0 spiro atoms. The van der Waals surface area contributed by atoms with E-state index in [0.29, 0.717) is 24.9 Å². The first-order valence-corrected chi connectivity index (χ1v) is 9.98. The molecule has 0 saturated heterocycles. The van der Waals surface area contributed by atoms with Crippen LogP contribution in [0.3, 0.4) is 0 Å². The molecule has 26 heavy (non-hydrogen) atoms. The lowest BCUT2D eigenvalue weighted by Gasteiger charge is -2.37. The van der Waals surface area contributed by atoms with E-state index in [-0.39, 0.29) is 23.4 Å². The number of likely N-dealkylation sites (N-methyl/N-ethyl adjacent to an activating group) is 1. The minimum absolute atomic E-state index is 0.0655. The Morgan fingerprint density at radius 1 is 1.38 bits per heavy atom.